The number of carbonyl (C=O) groups excluding carboxylic acids is 1. The molecule has 0 aliphatic carbocycles. The molecule has 0 aromatic carbocycles. The van der Waals surface area contributed by atoms with Crippen LogP contribution in [-0.4, -0.2) is 36.4 Å². The van der Waals surface area contributed by atoms with Gasteiger partial charge >= 0.3 is 5.97 Å². The minimum atomic E-state index is -0.206. The van der Waals surface area contributed by atoms with Crippen LogP contribution in [0.4, 0.5) is 0 Å². The van der Waals surface area contributed by atoms with E-state index in [1.807, 2.05) is 0 Å². The lowest BCUT2D eigenvalue weighted by atomic mass is 10.2. The van der Waals surface area contributed by atoms with Gasteiger partial charge in [0.05, 0.1) is 13.2 Å². The first-order valence-corrected chi connectivity index (χ1v) is 4.31. The van der Waals surface area contributed by atoms with Gasteiger partial charge in [0, 0.05) is 6.04 Å². The molecule has 4 nitrogen and oxygen atoms in total. The van der Waals surface area contributed by atoms with E-state index in [0.29, 0.717) is 6.61 Å². The summed E-state index contributed by atoms with van der Waals surface area (Å²) in [4.78, 5) is 11.1. The van der Waals surface area contributed by atoms with E-state index in [4.69, 9.17) is 9.84 Å². The molecule has 0 amide bonds. The fraction of sp³-hybridized carbons (Fsp3) is 0.875. The van der Waals surface area contributed by atoms with Crippen molar-refractivity contribution in [1.29, 1.82) is 0 Å². The van der Waals surface area contributed by atoms with Crippen molar-refractivity contribution < 1.29 is 14.6 Å². The minimum Gasteiger partial charge on any atom is -0.465 e. The van der Waals surface area contributed by atoms with E-state index in [1.54, 1.807) is 6.92 Å². The van der Waals surface area contributed by atoms with Gasteiger partial charge in [-0.1, -0.05) is 0 Å². The van der Waals surface area contributed by atoms with Crippen molar-refractivity contribution in [2.75, 3.05) is 13.2 Å². The maximum absolute atomic E-state index is 11.1. The summed E-state index contributed by atoms with van der Waals surface area (Å²) in [5.74, 6) is -0.201. The van der Waals surface area contributed by atoms with Crippen LogP contribution in [0.2, 0.25) is 0 Å². The smallest absolute Gasteiger partial charge is 0.323 e. The molecule has 12 heavy (non-hydrogen) atoms. The van der Waals surface area contributed by atoms with Crippen molar-refractivity contribution >= 4 is 5.97 Å². The SMILES string of the molecule is CCOC(=O)C1CCC(CO)N1. The molecule has 0 aromatic rings. The number of hydrogen-bond acceptors (Lipinski definition) is 4. The monoisotopic (exact) mass is 173 g/mol. The number of aliphatic hydroxyl groups excluding tert-OH is 1. The summed E-state index contributed by atoms with van der Waals surface area (Å²) in [7, 11) is 0. The molecule has 0 spiro atoms. The largest absolute Gasteiger partial charge is 0.465 e. The van der Waals surface area contributed by atoms with Crippen molar-refractivity contribution in [3.05, 3.63) is 0 Å². The van der Waals surface area contributed by atoms with E-state index in [-0.39, 0.29) is 24.7 Å². The third kappa shape index (κ3) is 2.19. The van der Waals surface area contributed by atoms with Gasteiger partial charge in [-0.3, -0.25) is 10.1 Å². The fourth-order valence-electron chi connectivity index (χ4n) is 1.39. The number of rotatable bonds is 3. The zero-order chi connectivity index (χ0) is 8.97. The summed E-state index contributed by atoms with van der Waals surface area (Å²) >= 11 is 0. The van der Waals surface area contributed by atoms with Crippen LogP contribution in [0.3, 0.4) is 0 Å². The molecule has 1 aliphatic rings. The Morgan fingerprint density at radius 1 is 1.67 bits per heavy atom. The molecule has 0 bridgehead atoms. The second kappa shape index (κ2) is 4.42. The minimum absolute atomic E-state index is 0.0689. The number of ether oxygens (including phenoxy) is 1. The van der Waals surface area contributed by atoms with Gasteiger partial charge in [0.15, 0.2) is 0 Å². The van der Waals surface area contributed by atoms with E-state index in [0.717, 1.165) is 12.8 Å². The Morgan fingerprint density at radius 3 is 2.92 bits per heavy atom. The van der Waals surface area contributed by atoms with Gasteiger partial charge in [-0.2, -0.15) is 0 Å². The highest BCUT2D eigenvalue weighted by Crippen LogP contribution is 2.12. The highest BCUT2D eigenvalue weighted by Gasteiger charge is 2.29. The molecule has 0 saturated carbocycles. The highest BCUT2D eigenvalue weighted by molar-refractivity contribution is 5.76. The van der Waals surface area contributed by atoms with Crippen LogP contribution in [0.15, 0.2) is 0 Å². The molecule has 2 unspecified atom stereocenters. The number of hydrogen-bond donors (Lipinski definition) is 2. The van der Waals surface area contributed by atoms with Gasteiger partial charge < -0.3 is 9.84 Å². The molecule has 2 N–H and O–H groups in total. The Balaban J connectivity index is 2.31. The Morgan fingerprint density at radius 2 is 2.42 bits per heavy atom. The molecule has 4 heteroatoms. The number of aliphatic hydroxyl groups is 1. The third-order valence-electron chi connectivity index (χ3n) is 2.03. The molecule has 1 saturated heterocycles. The molecule has 2 atom stereocenters. The highest BCUT2D eigenvalue weighted by atomic mass is 16.5. The Bertz CT molecular complexity index is 160. The third-order valence-corrected chi connectivity index (χ3v) is 2.03. The topological polar surface area (TPSA) is 58.6 Å². The predicted molar refractivity (Wildman–Crippen MR) is 43.7 cm³/mol. The van der Waals surface area contributed by atoms with Crippen LogP contribution >= 0.6 is 0 Å². The van der Waals surface area contributed by atoms with Crippen molar-refractivity contribution in [1.82, 2.24) is 5.32 Å². The van der Waals surface area contributed by atoms with E-state index < -0.39 is 0 Å². The first-order valence-electron chi connectivity index (χ1n) is 4.31. The van der Waals surface area contributed by atoms with Crippen LogP contribution in [0.25, 0.3) is 0 Å². The molecular formula is C8H15NO3. The van der Waals surface area contributed by atoms with Crippen LogP contribution < -0.4 is 5.32 Å². The standard InChI is InChI=1S/C8H15NO3/c1-2-12-8(11)7-4-3-6(5-10)9-7/h6-7,9-10H,2-5H2,1H3. The zero-order valence-electron chi connectivity index (χ0n) is 7.25. The first kappa shape index (κ1) is 9.48. The quantitative estimate of drug-likeness (QED) is 0.573. The normalized spacial score (nSPS) is 28.8. The maximum atomic E-state index is 11.1. The lowest BCUT2D eigenvalue weighted by molar-refractivity contribution is -0.145. The average Bonchev–Trinajstić information content (AvgIpc) is 2.52. The molecule has 1 aliphatic heterocycles. The van der Waals surface area contributed by atoms with Crippen LogP contribution in [0.5, 0.6) is 0 Å². The zero-order valence-corrected chi connectivity index (χ0v) is 7.25. The first-order chi connectivity index (χ1) is 5.77. The fourth-order valence-corrected chi connectivity index (χ4v) is 1.39. The molecule has 70 valence electrons. The van der Waals surface area contributed by atoms with Gasteiger partial charge in [0.1, 0.15) is 6.04 Å². The Kier molecular flexibility index (Phi) is 3.49. The number of esters is 1. The van der Waals surface area contributed by atoms with Crippen molar-refractivity contribution in [3.63, 3.8) is 0 Å². The van der Waals surface area contributed by atoms with Crippen LogP contribution in [0.1, 0.15) is 19.8 Å². The van der Waals surface area contributed by atoms with Gasteiger partial charge in [0.2, 0.25) is 0 Å². The van der Waals surface area contributed by atoms with E-state index in [1.165, 1.54) is 0 Å². The second-order valence-corrected chi connectivity index (χ2v) is 2.93. The summed E-state index contributed by atoms with van der Waals surface area (Å²) in [6, 6.07) is -0.137. The van der Waals surface area contributed by atoms with Crippen molar-refractivity contribution in [2.45, 2.75) is 31.8 Å². The van der Waals surface area contributed by atoms with Gasteiger partial charge in [0.25, 0.3) is 0 Å². The summed E-state index contributed by atoms with van der Waals surface area (Å²) in [5, 5.41) is 11.8. The lowest BCUT2D eigenvalue weighted by Crippen LogP contribution is -2.38. The van der Waals surface area contributed by atoms with Gasteiger partial charge in [-0.15, -0.1) is 0 Å². The molecular weight excluding hydrogens is 158 g/mol. The molecule has 0 radical (unpaired) electrons. The van der Waals surface area contributed by atoms with Crippen LogP contribution in [0, 0.1) is 0 Å². The van der Waals surface area contributed by atoms with Gasteiger partial charge in [-0.25, -0.2) is 0 Å². The van der Waals surface area contributed by atoms with Crippen molar-refractivity contribution in [3.8, 4) is 0 Å². The van der Waals surface area contributed by atoms with Crippen molar-refractivity contribution in [2.24, 2.45) is 0 Å². The number of nitrogens with one attached hydrogen (secondary N) is 1. The predicted octanol–water partition coefficient (Wildman–Crippen LogP) is -0.338. The average molecular weight is 173 g/mol. The van der Waals surface area contributed by atoms with Crippen LogP contribution in [-0.2, 0) is 9.53 Å². The van der Waals surface area contributed by atoms with Gasteiger partial charge in [-0.05, 0) is 19.8 Å². The van der Waals surface area contributed by atoms with E-state index >= 15 is 0 Å². The summed E-state index contributed by atoms with van der Waals surface area (Å²) in [5.41, 5.74) is 0. The molecule has 0 aromatic heterocycles. The second-order valence-electron chi connectivity index (χ2n) is 2.93. The van der Waals surface area contributed by atoms with E-state index in [2.05, 4.69) is 5.32 Å². The molecule has 1 rings (SSSR count). The Labute approximate surface area is 71.9 Å². The molecule has 1 fully saturated rings. The summed E-state index contributed by atoms with van der Waals surface area (Å²) in [6.07, 6.45) is 1.62. The van der Waals surface area contributed by atoms with E-state index in [9.17, 15) is 4.79 Å². The number of carbonyl (C=O) groups is 1. The Hall–Kier alpha value is -0.610. The summed E-state index contributed by atoms with van der Waals surface area (Å²) in [6.45, 7) is 2.30. The summed E-state index contributed by atoms with van der Waals surface area (Å²) < 4.78 is 4.84. The molecule has 1 heterocycles. The maximum Gasteiger partial charge on any atom is 0.323 e. The lowest BCUT2D eigenvalue weighted by Gasteiger charge is -2.10.